The quantitative estimate of drug-likeness (QED) is 0.931. The molecule has 100 valence electrons. The molecule has 4 heteroatoms. The lowest BCUT2D eigenvalue weighted by molar-refractivity contribution is 0.199. The van der Waals surface area contributed by atoms with E-state index in [2.05, 4.69) is 46.8 Å². The van der Waals surface area contributed by atoms with Crippen LogP contribution in [-0.4, -0.2) is 35.6 Å². The molecule has 2 aromatic rings. The fourth-order valence-electron chi connectivity index (χ4n) is 2.47. The van der Waals surface area contributed by atoms with Crippen molar-refractivity contribution in [1.82, 2.24) is 15.2 Å². The Morgan fingerprint density at radius 3 is 3.00 bits per heavy atom. The second-order valence-electron chi connectivity index (χ2n) is 5.08. The van der Waals surface area contributed by atoms with Crippen LogP contribution in [0.4, 0.5) is 0 Å². The zero-order valence-corrected chi connectivity index (χ0v) is 12.0. The summed E-state index contributed by atoms with van der Waals surface area (Å²) in [6, 6.07) is 11.0. The van der Waals surface area contributed by atoms with Crippen LogP contribution in [0.1, 0.15) is 11.9 Å². The van der Waals surface area contributed by atoms with Gasteiger partial charge in [-0.3, -0.25) is 4.90 Å². The fraction of sp³-hybridized carbons (Fsp3) is 0.400. The second kappa shape index (κ2) is 5.82. The number of rotatable bonds is 3. The molecule has 0 spiro atoms. The van der Waals surface area contributed by atoms with Gasteiger partial charge in [-0.1, -0.05) is 30.3 Å². The monoisotopic (exact) mass is 273 g/mol. The largest absolute Gasteiger partial charge is 0.312 e. The van der Waals surface area contributed by atoms with Gasteiger partial charge in [-0.25, -0.2) is 4.98 Å². The van der Waals surface area contributed by atoms with Gasteiger partial charge in [0.15, 0.2) is 0 Å². The summed E-state index contributed by atoms with van der Waals surface area (Å²) in [5, 5.41) is 6.85. The summed E-state index contributed by atoms with van der Waals surface area (Å²) in [5.41, 5.74) is 2.31. The van der Waals surface area contributed by atoms with Gasteiger partial charge in [0.1, 0.15) is 5.01 Å². The number of nitrogens with one attached hydrogen (secondary N) is 1. The SMILES string of the molecule is C[C@H]1CN(Cc2nc(-c3ccccc3)cs2)CCN1. The molecule has 1 aliphatic heterocycles. The van der Waals surface area contributed by atoms with Crippen LogP contribution >= 0.6 is 11.3 Å². The molecule has 1 atom stereocenters. The van der Waals surface area contributed by atoms with E-state index in [0.717, 1.165) is 31.9 Å². The molecule has 2 heterocycles. The predicted molar refractivity (Wildman–Crippen MR) is 80.3 cm³/mol. The van der Waals surface area contributed by atoms with Crippen LogP contribution in [-0.2, 0) is 6.54 Å². The number of hydrogen-bond acceptors (Lipinski definition) is 4. The maximum atomic E-state index is 4.76. The highest BCUT2D eigenvalue weighted by molar-refractivity contribution is 7.09. The van der Waals surface area contributed by atoms with Crippen molar-refractivity contribution in [2.24, 2.45) is 0 Å². The smallest absolute Gasteiger partial charge is 0.107 e. The number of nitrogens with zero attached hydrogens (tertiary/aromatic N) is 2. The fourth-order valence-corrected chi connectivity index (χ4v) is 3.32. The van der Waals surface area contributed by atoms with Gasteiger partial charge in [0.05, 0.1) is 12.2 Å². The Hall–Kier alpha value is -1.23. The van der Waals surface area contributed by atoms with Gasteiger partial charge in [-0.2, -0.15) is 0 Å². The van der Waals surface area contributed by atoms with Crippen LogP contribution < -0.4 is 5.32 Å². The Balaban J connectivity index is 1.68. The summed E-state index contributed by atoms with van der Waals surface area (Å²) in [4.78, 5) is 7.24. The average molecular weight is 273 g/mol. The van der Waals surface area contributed by atoms with E-state index in [-0.39, 0.29) is 0 Å². The highest BCUT2D eigenvalue weighted by Gasteiger charge is 2.16. The molecule has 0 unspecified atom stereocenters. The Bertz CT molecular complexity index is 523. The third-order valence-electron chi connectivity index (χ3n) is 3.43. The summed E-state index contributed by atoms with van der Waals surface area (Å²) in [5.74, 6) is 0. The van der Waals surface area contributed by atoms with Gasteiger partial charge >= 0.3 is 0 Å². The Labute approximate surface area is 118 Å². The molecule has 0 bridgehead atoms. The molecule has 1 fully saturated rings. The Morgan fingerprint density at radius 2 is 2.21 bits per heavy atom. The summed E-state index contributed by atoms with van der Waals surface area (Å²) in [7, 11) is 0. The molecular formula is C15H19N3S. The number of aromatic nitrogens is 1. The number of hydrogen-bond donors (Lipinski definition) is 1. The van der Waals surface area contributed by atoms with Gasteiger partial charge in [-0.15, -0.1) is 11.3 Å². The lowest BCUT2D eigenvalue weighted by atomic mass is 10.2. The molecule has 1 aliphatic rings. The van der Waals surface area contributed by atoms with E-state index in [9.17, 15) is 0 Å². The van der Waals surface area contributed by atoms with Crippen molar-refractivity contribution in [3.8, 4) is 11.3 Å². The first-order valence-corrected chi connectivity index (χ1v) is 7.65. The van der Waals surface area contributed by atoms with E-state index in [4.69, 9.17) is 4.98 Å². The zero-order valence-electron chi connectivity index (χ0n) is 11.2. The molecule has 19 heavy (non-hydrogen) atoms. The van der Waals surface area contributed by atoms with E-state index >= 15 is 0 Å². The van der Waals surface area contributed by atoms with Crippen LogP contribution in [0.5, 0.6) is 0 Å². The van der Waals surface area contributed by atoms with Crippen LogP contribution in [0.25, 0.3) is 11.3 Å². The van der Waals surface area contributed by atoms with Crippen LogP contribution in [0.3, 0.4) is 0 Å². The summed E-state index contributed by atoms with van der Waals surface area (Å²) in [6.45, 7) is 6.52. The predicted octanol–water partition coefficient (Wildman–Crippen LogP) is 2.60. The molecule has 1 saturated heterocycles. The number of piperazine rings is 1. The summed E-state index contributed by atoms with van der Waals surface area (Å²) in [6.07, 6.45) is 0. The van der Waals surface area contributed by atoms with Gasteiger partial charge in [-0.05, 0) is 6.92 Å². The van der Waals surface area contributed by atoms with Crippen LogP contribution in [0.15, 0.2) is 35.7 Å². The maximum Gasteiger partial charge on any atom is 0.107 e. The van der Waals surface area contributed by atoms with Gasteiger partial charge in [0, 0.05) is 36.6 Å². The van der Waals surface area contributed by atoms with Crippen molar-refractivity contribution in [2.45, 2.75) is 19.5 Å². The van der Waals surface area contributed by atoms with Gasteiger partial charge in [0.25, 0.3) is 0 Å². The third kappa shape index (κ3) is 3.21. The van der Waals surface area contributed by atoms with Gasteiger partial charge < -0.3 is 5.32 Å². The van der Waals surface area contributed by atoms with E-state index in [1.54, 1.807) is 11.3 Å². The molecular weight excluding hydrogens is 254 g/mol. The Morgan fingerprint density at radius 1 is 1.37 bits per heavy atom. The van der Waals surface area contributed by atoms with Crippen LogP contribution in [0.2, 0.25) is 0 Å². The molecule has 0 radical (unpaired) electrons. The van der Waals surface area contributed by atoms with Crippen LogP contribution in [0, 0.1) is 0 Å². The molecule has 1 N–H and O–H groups in total. The van der Waals surface area contributed by atoms with Crippen molar-refractivity contribution in [3.05, 3.63) is 40.7 Å². The molecule has 0 aliphatic carbocycles. The topological polar surface area (TPSA) is 28.2 Å². The minimum atomic E-state index is 0.585. The lowest BCUT2D eigenvalue weighted by Crippen LogP contribution is -2.48. The highest BCUT2D eigenvalue weighted by atomic mass is 32.1. The average Bonchev–Trinajstić information content (AvgIpc) is 2.88. The summed E-state index contributed by atoms with van der Waals surface area (Å²) < 4.78 is 0. The van der Waals surface area contributed by atoms with Crippen molar-refractivity contribution in [2.75, 3.05) is 19.6 Å². The van der Waals surface area contributed by atoms with E-state index < -0.39 is 0 Å². The number of thiazole rings is 1. The Kier molecular flexibility index (Phi) is 3.92. The van der Waals surface area contributed by atoms with E-state index in [0.29, 0.717) is 6.04 Å². The standard InChI is InChI=1S/C15H19N3S/c1-12-9-18(8-7-16-12)10-15-17-14(11-19-15)13-5-3-2-4-6-13/h2-6,11-12,16H,7-10H2,1H3/t12-/m0/s1. The molecule has 0 amide bonds. The van der Waals surface area contributed by atoms with Gasteiger partial charge in [0.2, 0.25) is 0 Å². The third-order valence-corrected chi connectivity index (χ3v) is 4.27. The molecule has 1 aromatic carbocycles. The molecule has 3 nitrogen and oxygen atoms in total. The first-order valence-electron chi connectivity index (χ1n) is 6.77. The minimum absolute atomic E-state index is 0.585. The molecule has 1 aromatic heterocycles. The first kappa shape index (κ1) is 12.8. The van der Waals surface area contributed by atoms with E-state index in [1.807, 2.05) is 6.07 Å². The lowest BCUT2D eigenvalue weighted by Gasteiger charge is -2.31. The molecule has 3 rings (SSSR count). The molecule has 0 saturated carbocycles. The van der Waals surface area contributed by atoms with Crippen molar-refractivity contribution < 1.29 is 0 Å². The second-order valence-corrected chi connectivity index (χ2v) is 6.03. The minimum Gasteiger partial charge on any atom is -0.312 e. The highest BCUT2D eigenvalue weighted by Crippen LogP contribution is 2.22. The summed E-state index contributed by atoms with van der Waals surface area (Å²) >= 11 is 1.77. The maximum absolute atomic E-state index is 4.76. The van der Waals surface area contributed by atoms with Crippen molar-refractivity contribution in [1.29, 1.82) is 0 Å². The first-order chi connectivity index (χ1) is 9.31. The van der Waals surface area contributed by atoms with Crippen molar-refractivity contribution >= 4 is 11.3 Å². The number of benzene rings is 1. The van der Waals surface area contributed by atoms with Crippen molar-refractivity contribution in [3.63, 3.8) is 0 Å². The normalized spacial score (nSPS) is 20.6. The zero-order chi connectivity index (χ0) is 13.1. The van der Waals surface area contributed by atoms with E-state index in [1.165, 1.54) is 10.6 Å².